The zero-order valence-electron chi connectivity index (χ0n) is 18.7. The molecule has 5 rings (SSSR count). The molecule has 0 amide bonds. The maximum absolute atomic E-state index is 11.6. The molecule has 0 atom stereocenters. The molecule has 0 aromatic heterocycles. The van der Waals surface area contributed by atoms with E-state index in [-0.39, 0.29) is 0 Å². The minimum atomic E-state index is -0.908. The number of hydrogen-bond acceptors (Lipinski definition) is 1. The summed E-state index contributed by atoms with van der Waals surface area (Å²) < 4.78 is 0. The standard InChI is InChI=1S/C30H24Cl2O2/c1-18-13-20(14-18)15-19-5-7-21(8-6-19)29-25-11-9-23(30(33)34)16-22(25)3-2-4-27(29)26-12-10-24(31)17-28(26)32/h5-12,15-17H,1-4,13-14H2,(H,33,34). The second-order valence-electron chi connectivity index (χ2n) is 9.04. The van der Waals surface area contributed by atoms with Crippen LogP contribution in [0.4, 0.5) is 0 Å². The maximum Gasteiger partial charge on any atom is 0.335 e. The van der Waals surface area contributed by atoms with Crippen LogP contribution >= 0.6 is 23.2 Å². The molecule has 0 bridgehead atoms. The Morgan fingerprint density at radius 3 is 2.32 bits per heavy atom. The summed E-state index contributed by atoms with van der Waals surface area (Å²) in [6, 6.07) is 19.7. The quantitative estimate of drug-likeness (QED) is 0.374. The molecule has 0 spiro atoms. The number of aryl methyl sites for hydroxylation is 1. The van der Waals surface area contributed by atoms with Crippen molar-refractivity contribution in [2.75, 3.05) is 0 Å². The van der Waals surface area contributed by atoms with Gasteiger partial charge in [-0.2, -0.15) is 0 Å². The first-order valence-corrected chi connectivity index (χ1v) is 12.2. The van der Waals surface area contributed by atoms with Gasteiger partial charge in [0.1, 0.15) is 0 Å². The number of benzene rings is 3. The van der Waals surface area contributed by atoms with Gasteiger partial charge in [0.05, 0.1) is 5.56 Å². The lowest BCUT2D eigenvalue weighted by Gasteiger charge is -2.20. The number of hydrogen-bond donors (Lipinski definition) is 1. The largest absolute Gasteiger partial charge is 0.478 e. The summed E-state index contributed by atoms with van der Waals surface area (Å²) in [4.78, 5) is 11.6. The topological polar surface area (TPSA) is 37.3 Å². The predicted octanol–water partition coefficient (Wildman–Crippen LogP) is 8.72. The van der Waals surface area contributed by atoms with Crippen LogP contribution in [0.5, 0.6) is 0 Å². The molecule has 170 valence electrons. The Balaban J connectivity index is 1.67. The van der Waals surface area contributed by atoms with Crippen molar-refractivity contribution in [1.29, 1.82) is 0 Å². The van der Waals surface area contributed by atoms with Crippen LogP contribution < -0.4 is 0 Å². The number of allylic oxidation sites excluding steroid dienone is 3. The van der Waals surface area contributed by atoms with Crippen LogP contribution in [-0.2, 0) is 6.42 Å². The third kappa shape index (κ3) is 4.49. The Morgan fingerprint density at radius 2 is 1.65 bits per heavy atom. The van der Waals surface area contributed by atoms with E-state index in [1.165, 1.54) is 16.7 Å². The van der Waals surface area contributed by atoms with Crippen LogP contribution in [-0.4, -0.2) is 11.1 Å². The lowest BCUT2D eigenvalue weighted by atomic mass is 9.85. The smallest absolute Gasteiger partial charge is 0.335 e. The molecule has 1 saturated carbocycles. The molecule has 2 aliphatic carbocycles. The Hall–Kier alpha value is -3.07. The van der Waals surface area contributed by atoms with Gasteiger partial charge in [0, 0.05) is 10.0 Å². The highest BCUT2D eigenvalue weighted by Crippen LogP contribution is 2.42. The van der Waals surface area contributed by atoms with Crippen molar-refractivity contribution >= 4 is 46.4 Å². The third-order valence-electron chi connectivity index (χ3n) is 6.58. The first-order chi connectivity index (χ1) is 16.4. The molecule has 3 aromatic carbocycles. The van der Waals surface area contributed by atoms with Crippen LogP contribution in [0.25, 0.3) is 17.2 Å². The molecular formula is C30H24Cl2O2. The van der Waals surface area contributed by atoms with E-state index in [1.807, 2.05) is 24.3 Å². The Bertz CT molecular complexity index is 1370. The van der Waals surface area contributed by atoms with E-state index in [1.54, 1.807) is 12.1 Å². The Morgan fingerprint density at radius 1 is 0.912 bits per heavy atom. The Labute approximate surface area is 209 Å². The summed E-state index contributed by atoms with van der Waals surface area (Å²) >= 11 is 12.9. The number of carbonyl (C=O) groups is 1. The minimum Gasteiger partial charge on any atom is -0.478 e. The molecule has 0 aliphatic heterocycles. The molecule has 1 N–H and O–H groups in total. The summed E-state index contributed by atoms with van der Waals surface area (Å²) in [6.45, 7) is 4.02. The van der Waals surface area contributed by atoms with Gasteiger partial charge in [-0.05, 0) is 95.3 Å². The van der Waals surface area contributed by atoms with Gasteiger partial charge in [-0.1, -0.05) is 83.4 Å². The summed E-state index contributed by atoms with van der Waals surface area (Å²) in [5.41, 5.74) is 10.6. The van der Waals surface area contributed by atoms with E-state index in [0.29, 0.717) is 15.6 Å². The summed E-state index contributed by atoms with van der Waals surface area (Å²) in [6.07, 6.45) is 6.77. The van der Waals surface area contributed by atoms with Gasteiger partial charge in [0.2, 0.25) is 0 Å². The van der Waals surface area contributed by atoms with Crippen molar-refractivity contribution in [2.24, 2.45) is 0 Å². The zero-order valence-corrected chi connectivity index (χ0v) is 20.2. The van der Waals surface area contributed by atoms with E-state index in [9.17, 15) is 9.90 Å². The molecular weight excluding hydrogens is 463 g/mol. The average Bonchev–Trinajstić information content (AvgIpc) is 2.97. The van der Waals surface area contributed by atoms with Crippen LogP contribution in [0.1, 0.15) is 63.9 Å². The Kier molecular flexibility index (Phi) is 6.20. The van der Waals surface area contributed by atoms with Crippen molar-refractivity contribution in [3.63, 3.8) is 0 Å². The summed E-state index contributed by atoms with van der Waals surface area (Å²) in [5, 5.41) is 10.7. The number of halogens is 2. The normalized spacial score (nSPS) is 15.5. The van der Waals surface area contributed by atoms with Gasteiger partial charge in [0.15, 0.2) is 0 Å². The number of carboxylic acid groups (broad SMARTS) is 1. The number of carboxylic acids is 1. The zero-order chi connectivity index (χ0) is 23.8. The van der Waals surface area contributed by atoms with Gasteiger partial charge >= 0.3 is 5.97 Å². The molecule has 34 heavy (non-hydrogen) atoms. The van der Waals surface area contributed by atoms with E-state index in [4.69, 9.17) is 23.2 Å². The second kappa shape index (κ2) is 9.29. The highest BCUT2D eigenvalue weighted by Gasteiger charge is 2.22. The highest BCUT2D eigenvalue weighted by molar-refractivity contribution is 6.36. The van der Waals surface area contributed by atoms with Crippen molar-refractivity contribution in [3.05, 3.63) is 122 Å². The fraction of sp³-hybridized carbons (Fsp3) is 0.167. The van der Waals surface area contributed by atoms with E-state index in [0.717, 1.165) is 65.5 Å². The van der Waals surface area contributed by atoms with Gasteiger partial charge in [-0.25, -0.2) is 4.79 Å². The predicted molar refractivity (Wildman–Crippen MR) is 142 cm³/mol. The van der Waals surface area contributed by atoms with Crippen LogP contribution in [0.15, 0.2) is 78.4 Å². The summed E-state index contributed by atoms with van der Waals surface area (Å²) in [5.74, 6) is -0.908. The second-order valence-corrected chi connectivity index (χ2v) is 9.88. The molecule has 0 heterocycles. The lowest BCUT2D eigenvalue weighted by Crippen LogP contribution is -2.02. The number of fused-ring (bicyclic) bond motifs is 1. The molecule has 0 radical (unpaired) electrons. The molecule has 3 aromatic rings. The molecule has 1 fully saturated rings. The molecule has 0 unspecified atom stereocenters. The van der Waals surface area contributed by atoms with Crippen molar-refractivity contribution in [3.8, 4) is 0 Å². The van der Waals surface area contributed by atoms with Gasteiger partial charge in [-0.15, -0.1) is 0 Å². The summed E-state index contributed by atoms with van der Waals surface area (Å²) in [7, 11) is 0. The monoisotopic (exact) mass is 486 g/mol. The lowest BCUT2D eigenvalue weighted by molar-refractivity contribution is 0.0696. The minimum absolute atomic E-state index is 0.315. The first kappa shape index (κ1) is 22.7. The third-order valence-corrected chi connectivity index (χ3v) is 7.12. The van der Waals surface area contributed by atoms with Crippen molar-refractivity contribution in [1.82, 2.24) is 0 Å². The molecule has 0 saturated heterocycles. The maximum atomic E-state index is 11.6. The van der Waals surface area contributed by atoms with E-state index < -0.39 is 5.97 Å². The van der Waals surface area contributed by atoms with Gasteiger partial charge in [0.25, 0.3) is 0 Å². The average molecular weight is 487 g/mol. The number of aromatic carboxylic acids is 1. The fourth-order valence-electron chi connectivity index (χ4n) is 4.93. The molecule has 2 aliphatic rings. The first-order valence-electron chi connectivity index (χ1n) is 11.4. The molecule has 4 heteroatoms. The fourth-order valence-corrected chi connectivity index (χ4v) is 5.45. The van der Waals surface area contributed by atoms with Gasteiger partial charge < -0.3 is 5.11 Å². The highest BCUT2D eigenvalue weighted by atomic mass is 35.5. The van der Waals surface area contributed by atoms with Crippen molar-refractivity contribution in [2.45, 2.75) is 32.1 Å². The SMILES string of the molecule is C=C1CC(=Cc2ccc(C3=C(c4ccc(Cl)cc4Cl)CCCc4cc(C(=O)O)ccc43)cc2)C1. The number of rotatable bonds is 4. The van der Waals surface area contributed by atoms with Crippen LogP contribution in [0.2, 0.25) is 10.0 Å². The van der Waals surface area contributed by atoms with Gasteiger partial charge in [-0.3, -0.25) is 0 Å². The van der Waals surface area contributed by atoms with Crippen LogP contribution in [0.3, 0.4) is 0 Å². The van der Waals surface area contributed by atoms with Crippen molar-refractivity contribution < 1.29 is 9.90 Å². The van der Waals surface area contributed by atoms with E-state index in [2.05, 4.69) is 36.9 Å². The van der Waals surface area contributed by atoms with Crippen LogP contribution in [0, 0.1) is 0 Å². The molecule has 2 nitrogen and oxygen atoms in total. The van der Waals surface area contributed by atoms with E-state index >= 15 is 0 Å².